The van der Waals surface area contributed by atoms with Crippen molar-refractivity contribution >= 4 is 35.0 Å². The molecule has 0 spiro atoms. The monoisotopic (exact) mass is 368 g/mol. The molecule has 1 aromatic carbocycles. The van der Waals surface area contributed by atoms with E-state index in [4.69, 9.17) is 16.3 Å². The molecule has 0 atom stereocenters. The van der Waals surface area contributed by atoms with Gasteiger partial charge < -0.3 is 14.6 Å². The van der Waals surface area contributed by atoms with Crippen molar-refractivity contribution in [1.82, 2.24) is 14.8 Å². The van der Waals surface area contributed by atoms with E-state index in [1.807, 2.05) is 25.3 Å². The first-order chi connectivity index (χ1) is 11.5. The molecule has 0 fully saturated rings. The fraction of sp³-hybridized carbons (Fsp3) is 0.438. The maximum Gasteiger partial charge on any atom is 0.234 e. The first-order valence-corrected chi connectivity index (χ1v) is 9.12. The average molecular weight is 369 g/mol. The first kappa shape index (κ1) is 18.6. The smallest absolute Gasteiger partial charge is 0.234 e. The molecule has 130 valence electrons. The molecular weight excluding hydrogens is 348 g/mol. The molecule has 0 aliphatic rings. The van der Waals surface area contributed by atoms with Crippen LogP contribution in [0, 0.1) is 0 Å². The van der Waals surface area contributed by atoms with Crippen LogP contribution in [0.4, 0.5) is 5.69 Å². The molecule has 6 nitrogen and oxygen atoms in total. The highest BCUT2D eigenvalue weighted by Gasteiger charge is 2.13. The molecule has 0 unspecified atom stereocenters. The van der Waals surface area contributed by atoms with E-state index in [2.05, 4.69) is 15.5 Å². The van der Waals surface area contributed by atoms with Crippen molar-refractivity contribution in [3.8, 4) is 5.75 Å². The minimum absolute atomic E-state index is 0.151. The van der Waals surface area contributed by atoms with E-state index >= 15 is 0 Å². The van der Waals surface area contributed by atoms with Crippen LogP contribution < -0.4 is 10.1 Å². The lowest BCUT2D eigenvalue weighted by molar-refractivity contribution is -0.113. The van der Waals surface area contributed by atoms with Crippen LogP contribution in [-0.4, -0.2) is 33.0 Å². The Balaban J connectivity index is 1.99. The molecule has 0 saturated heterocycles. The number of anilines is 1. The molecular formula is C16H21ClN4O2S. The lowest BCUT2D eigenvalue weighted by Gasteiger charge is -2.13. The van der Waals surface area contributed by atoms with Gasteiger partial charge in [0.05, 0.1) is 18.0 Å². The summed E-state index contributed by atoms with van der Waals surface area (Å²) in [4.78, 5) is 12.2. The van der Waals surface area contributed by atoms with Crippen molar-refractivity contribution in [2.24, 2.45) is 0 Å². The molecule has 1 heterocycles. The molecule has 2 aromatic rings. The van der Waals surface area contributed by atoms with Crippen molar-refractivity contribution in [1.29, 1.82) is 0 Å². The summed E-state index contributed by atoms with van der Waals surface area (Å²) in [7, 11) is 0. The summed E-state index contributed by atoms with van der Waals surface area (Å²) in [6, 6.07) is 5.43. The highest BCUT2D eigenvalue weighted by Crippen LogP contribution is 2.28. The van der Waals surface area contributed by atoms with Crippen molar-refractivity contribution in [3.63, 3.8) is 0 Å². The second kappa shape index (κ2) is 8.94. The molecule has 1 N–H and O–H groups in total. The zero-order chi connectivity index (χ0) is 17.5. The summed E-state index contributed by atoms with van der Waals surface area (Å²) in [5, 5.41) is 12.0. The second-order valence-electron chi connectivity index (χ2n) is 5.44. The Bertz CT molecular complexity index is 690. The number of aromatic nitrogens is 3. The Morgan fingerprint density at radius 1 is 1.46 bits per heavy atom. The minimum Gasteiger partial charge on any atom is -0.491 e. The number of rotatable bonds is 8. The Morgan fingerprint density at radius 2 is 2.25 bits per heavy atom. The highest BCUT2D eigenvalue weighted by molar-refractivity contribution is 7.99. The van der Waals surface area contributed by atoms with Gasteiger partial charge in [0.25, 0.3) is 0 Å². The zero-order valence-corrected chi connectivity index (χ0v) is 15.5. The van der Waals surface area contributed by atoms with Crippen LogP contribution >= 0.6 is 23.4 Å². The average Bonchev–Trinajstić information content (AvgIpc) is 3.01. The number of carbonyl (C=O) groups is 1. The number of carbonyl (C=O) groups excluding carboxylic acids is 1. The SMILES string of the molecule is CCCOc1ccc(Cl)cc1NC(=O)CSc1nncn1C(C)C. The van der Waals surface area contributed by atoms with Gasteiger partial charge in [0, 0.05) is 11.1 Å². The van der Waals surface area contributed by atoms with Gasteiger partial charge in [0.15, 0.2) is 5.16 Å². The van der Waals surface area contributed by atoms with Crippen LogP contribution in [0.15, 0.2) is 29.7 Å². The van der Waals surface area contributed by atoms with Crippen molar-refractivity contribution in [2.45, 2.75) is 38.4 Å². The van der Waals surface area contributed by atoms with Gasteiger partial charge in [-0.05, 0) is 38.5 Å². The second-order valence-corrected chi connectivity index (χ2v) is 6.82. The molecule has 0 bridgehead atoms. The van der Waals surface area contributed by atoms with E-state index in [-0.39, 0.29) is 17.7 Å². The van der Waals surface area contributed by atoms with Gasteiger partial charge in [-0.25, -0.2) is 0 Å². The van der Waals surface area contributed by atoms with Crippen molar-refractivity contribution in [3.05, 3.63) is 29.5 Å². The van der Waals surface area contributed by atoms with Gasteiger partial charge in [0.1, 0.15) is 12.1 Å². The third-order valence-corrected chi connectivity index (χ3v) is 4.30. The van der Waals surface area contributed by atoms with Gasteiger partial charge in [-0.1, -0.05) is 30.3 Å². The summed E-state index contributed by atoms with van der Waals surface area (Å²) in [5.41, 5.74) is 0.576. The number of nitrogens with one attached hydrogen (secondary N) is 1. The third kappa shape index (κ3) is 5.14. The van der Waals surface area contributed by atoms with Crippen molar-refractivity contribution < 1.29 is 9.53 Å². The lowest BCUT2D eigenvalue weighted by Crippen LogP contribution is -2.15. The molecule has 0 radical (unpaired) electrons. The highest BCUT2D eigenvalue weighted by atomic mass is 35.5. The molecule has 0 aliphatic heterocycles. The van der Waals surface area contributed by atoms with Gasteiger partial charge >= 0.3 is 0 Å². The van der Waals surface area contributed by atoms with Gasteiger partial charge in [-0.15, -0.1) is 10.2 Å². The summed E-state index contributed by atoms with van der Waals surface area (Å²) in [5.74, 6) is 0.692. The third-order valence-electron chi connectivity index (χ3n) is 3.11. The van der Waals surface area contributed by atoms with Crippen LogP contribution in [0.5, 0.6) is 5.75 Å². The molecule has 0 aliphatic carbocycles. The number of amides is 1. The van der Waals surface area contributed by atoms with E-state index in [9.17, 15) is 4.79 Å². The number of hydrogen-bond donors (Lipinski definition) is 1. The molecule has 0 saturated carbocycles. The quantitative estimate of drug-likeness (QED) is 0.712. The molecule has 8 heteroatoms. The molecule has 1 amide bonds. The molecule has 2 rings (SSSR count). The van der Waals surface area contributed by atoms with E-state index < -0.39 is 0 Å². The predicted molar refractivity (Wildman–Crippen MR) is 97.0 cm³/mol. The summed E-state index contributed by atoms with van der Waals surface area (Å²) < 4.78 is 7.56. The normalized spacial score (nSPS) is 10.9. The van der Waals surface area contributed by atoms with E-state index in [1.54, 1.807) is 24.5 Å². The number of nitrogens with zero attached hydrogens (tertiary/aromatic N) is 3. The lowest BCUT2D eigenvalue weighted by atomic mass is 10.3. The Morgan fingerprint density at radius 3 is 2.96 bits per heavy atom. The maximum atomic E-state index is 12.2. The Kier molecular flexibility index (Phi) is 6.93. The van der Waals surface area contributed by atoms with Crippen LogP contribution in [0.1, 0.15) is 33.2 Å². The predicted octanol–water partition coefficient (Wildman–Crippen LogP) is 4.03. The van der Waals surface area contributed by atoms with Gasteiger partial charge in [-0.2, -0.15) is 0 Å². The van der Waals surface area contributed by atoms with Crippen LogP contribution in [0.2, 0.25) is 5.02 Å². The largest absolute Gasteiger partial charge is 0.491 e. The summed E-state index contributed by atoms with van der Waals surface area (Å²) >= 11 is 7.36. The Labute approximate surface area is 150 Å². The number of halogens is 1. The van der Waals surface area contributed by atoms with Crippen LogP contribution in [-0.2, 0) is 4.79 Å². The van der Waals surface area contributed by atoms with Crippen LogP contribution in [0.25, 0.3) is 0 Å². The standard InChI is InChI=1S/C16H21ClN4O2S/c1-4-7-23-14-6-5-12(17)8-13(14)19-15(22)9-24-16-20-18-10-21(16)11(2)3/h5-6,8,10-11H,4,7,9H2,1-3H3,(H,19,22). The van der Waals surface area contributed by atoms with Gasteiger partial charge in [-0.3, -0.25) is 4.79 Å². The zero-order valence-electron chi connectivity index (χ0n) is 14.0. The minimum atomic E-state index is -0.151. The topological polar surface area (TPSA) is 69.0 Å². The van der Waals surface area contributed by atoms with Crippen molar-refractivity contribution in [2.75, 3.05) is 17.7 Å². The number of benzene rings is 1. The molecule has 1 aromatic heterocycles. The summed E-state index contributed by atoms with van der Waals surface area (Å²) in [6.45, 7) is 6.68. The van der Waals surface area contributed by atoms with Crippen LogP contribution in [0.3, 0.4) is 0 Å². The fourth-order valence-electron chi connectivity index (χ4n) is 1.94. The van der Waals surface area contributed by atoms with E-state index in [1.165, 1.54) is 11.8 Å². The Hall–Kier alpha value is -1.73. The number of hydrogen-bond acceptors (Lipinski definition) is 5. The van der Waals surface area contributed by atoms with E-state index in [0.29, 0.717) is 28.2 Å². The first-order valence-electron chi connectivity index (χ1n) is 7.75. The summed E-state index contributed by atoms with van der Waals surface area (Å²) in [6.07, 6.45) is 2.55. The molecule has 24 heavy (non-hydrogen) atoms. The van der Waals surface area contributed by atoms with Gasteiger partial charge in [0.2, 0.25) is 5.91 Å². The van der Waals surface area contributed by atoms with E-state index in [0.717, 1.165) is 6.42 Å². The number of thioether (sulfide) groups is 1. The maximum absolute atomic E-state index is 12.2. The fourth-order valence-corrected chi connectivity index (χ4v) is 2.96. The number of ether oxygens (including phenoxy) is 1.